The monoisotopic (exact) mass is 406 g/mol. The Morgan fingerprint density at radius 1 is 1.07 bits per heavy atom. The number of nitrogens with zero attached hydrogens (tertiary/aromatic N) is 2. The van der Waals surface area contributed by atoms with Crippen molar-refractivity contribution in [2.75, 3.05) is 20.6 Å². The highest BCUT2D eigenvalue weighted by Crippen LogP contribution is 2.33. The first kappa shape index (κ1) is 20.6. The van der Waals surface area contributed by atoms with Crippen molar-refractivity contribution in [3.8, 4) is 0 Å². The molecule has 1 amide bonds. The Kier molecular flexibility index (Phi) is 6.83. The average Bonchev–Trinajstić information content (AvgIpc) is 3.33. The summed E-state index contributed by atoms with van der Waals surface area (Å²) in [6.07, 6.45) is 8.21. The van der Waals surface area contributed by atoms with Gasteiger partial charge in [0.15, 0.2) is 0 Å². The van der Waals surface area contributed by atoms with E-state index in [1.165, 1.54) is 54.3 Å². The van der Waals surface area contributed by atoms with Crippen LogP contribution in [0.1, 0.15) is 44.1 Å². The molecule has 0 saturated heterocycles. The zero-order valence-electron chi connectivity index (χ0n) is 16.4. The van der Waals surface area contributed by atoms with Crippen molar-refractivity contribution in [2.45, 2.75) is 57.0 Å². The molecule has 0 radical (unpaired) electrons. The number of thiophene rings is 1. The van der Waals surface area contributed by atoms with Gasteiger partial charge in [0.05, 0.1) is 6.42 Å². The molecule has 4 rings (SSSR count). The maximum atomic E-state index is 13.1. The second kappa shape index (κ2) is 8.93. The van der Waals surface area contributed by atoms with Crippen molar-refractivity contribution in [3.63, 3.8) is 0 Å². The van der Waals surface area contributed by atoms with Gasteiger partial charge in [-0.25, -0.2) is 0 Å². The molecule has 148 valence electrons. The molecule has 0 aliphatic heterocycles. The lowest BCUT2D eigenvalue weighted by molar-refractivity contribution is -0.133. The van der Waals surface area contributed by atoms with E-state index in [9.17, 15) is 4.79 Å². The van der Waals surface area contributed by atoms with Crippen LogP contribution in [-0.4, -0.2) is 48.4 Å². The normalized spacial score (nSPS) is 22.6. The average molecular weight is 407 g/mol. The van der Waals surface area contributed by atoms with E-state index in [1.54, 1.807) is 11.3 Å². The molecule has 0 bridgehead atoms. The van der Waals surface area contributed by atoms with Crippen LogP contribution >= 0.6 is 23.7 Å². The van der Waals surface area contributed by atoms with E-state index in [1.807, 2.05) is 7.05 Å². The number of fused-ring (bicyclic) bond motifs is 1. The molecule has 1 aromatic heterocycles. The molecule has 5 heteroatoms. The Bertz CT molecular complexity index is 773. The van der Waals surface area contributed by atoms with Crippen molar-refractivity contribution in [1.29, 1.82) is 0 Å². The van der Waals surface area contributed by atoms with Gasteiger partial charge in [0.2, 0.25) is 5.91 Å². The largest absolute Gasteiger partial charge is 0.341 e. The van der Waals surface area contributed by atoms with Gasteiger partial charge in [-0.2, -0.15) is 0 Å². The van der Waals surface area contributed by atoms with E-state index >= 15 is 0 Å². The van der Waals surface area contributed by atoms with Gasteiger partial charge in [-0.05, 0) is 67.1 Å². The van der Waals surface area contributed by atoms with Gasteiger partial charge in [-0.3, -0.25) is 4.79 Å². The summed E-state index contributed by atoms with van der Waals surface area (Å²) in [5, 5.41) is 3.36. The second-order valence-electron chi connectivity index (χ2n) is 8.23. The fraction of sp³-hybridized carbons (Fsp3) is 0.591. The van der Waals surface area contributed by atoms with Gasteiger partial charge in [-0.15, -0.1) is 23.7 Å². The van der Waals surface area contributed by atoms with E-state index < -0.39 is 0 Å². The van der Waals surface area contributed by atoms with E-state index in [0.717, 1.165) is 12.3 Å². The Balaban J connectivity index is 0.00000210. The topological polar surface area (TPSA) is 23.6 Å². The number of hydrogen-bond acceptors (Lipinski definition) is 3. The number of carbonyl (C=O) groups is 1. The molecule has 2 unspecified atom stereocenters. The van der Waals surface area contributed by atoms with Crippen molar-refractivity contribution in [2.24, 2.45) is 5.92 Å². The summed E-state index contributed by atoms with van der Waals surface area (Å²) in [6, 6.07) is 9.36. The summed E-state index contributed by atoms with van der Waals surface area (Å²) in [4.78, 5) is 17.7. The minimum Gasteiger partial charge on any atom is -0.341 e. The summed E-state index contributed by atoms with van der Waals surface area (Å²) >= 11 is 1.75. The van der Waals surface area contributed by atoms with E-state index in [-0.39, 0.29) is 18.3 Å². The third-order valence-corrected chi connectivity index (χ3v) is 7.20. The number of rotatable bonds is 6. The second-order valence-corrected chi connectivity index (χ2v) is 9.18. The molecule has 0 spiro atoms. The van der Waals surface area contributed by atoms with Crippen LogP contribution in [0.2, 0.25) is 0 Å². The summed E-state index contributed by atoms with van der Waals surface area (Å²) in [7, 11) is 4.30. The molecular weight excluding hydrogens is 376 g/mol. The lowest BCUT2D eigenvalue weighted by Gasteiger charge is -2.42. The molecule has 2 atom stereocenters. The highest BCUT2D eigenvalue weighted by atomic mass is 35.5. The first-order valence-corrected chi connectivity index (χ1v) is 10.9. The maximum Gasteiger partial charge on any atom is 0.227 e. The molecular formula is C22H31ClN2OS. The van der Waals surface area contributed by atoms with Crippen LogP contribution in [0.3, 0.4) is 0 Å². The number of hydrogen-bond donors (Lipinski definition) is 0. The van der Waals surface area contributed by atoms with Crippen molar-refractivity contribution in [1.82, 2.24) is 9.80 Å². The molecule has 2 fully saturated rings. The number of benzene rings is 1. The van der Waals surface area contributed by atoms with Gasteiger partial charge in [0, 0.05) is 30.4 Å². The van der Waals surface area contributed by atoms with Crippen LogP contribution < -0.4 is 0 Å². The first-order valence-electron chi connectivity index (χ1n) is 10.0. The summed E-state index contributed by atoms with van der Waals surface area (Å²) < 4.78 is 1.28. The van der Waals surface area contributed by atoms with E-state index in [0.29, 0.717) is 18.5 Å². The standard InChI is InChI=1S/C22H30N2OS.ClH/c1-23(15-16-10-11-16)19-7-3-4-8-20(19)24(2)22(25)14-17-6-5-9-21-18(17)12-13-26-21;/h5-6,9,12-13,16,19-20H,3-4,7-8,10-11,14-15H2,1-2H3;1H. The SMILES string of the molecule is CN(CC1CC1)C1CCCCC1N(C)C(=O)Cc1cccc2sccc12.Cl. The fourth-order valence-electron chi connectivity index (χ4n) is 4.58. The predicted octanol–water partition coefficient (Wildman–Crippen LogP) is 4.98. The summed E-state index contributed by atoms with van der Waals surface area (Å²) in [6.45, 7) is 1.21. The third-order valence-electron chi connectivity index (χ3n) is 6.32. The molecule has 27 heavy (non-hydrogen) atoms. The molecule has 1 heterocycles. The van der Waals surface area contributed by atoms with Gasteiger partial charge >= 0.3 is 0 Å². The van der Waals surface area contributed by atoms with Crippen LogP contribution in [0.5, 0.6) is 0 Å². The zero-order valence-corrected chi connectivity index (χ0v) is 18.0. The van der Waals surface area contributed by atoms with Crippen LogP contribution in [0.15, 0.2) is 29.6 Å². The molecule has 0 N–H and O–H groups in total. The molecule has 1 aromatic carbocycles. The quantitative estimate of drug-likeness (QED) is 0.675. The predicted molar refractivity (Wildman–Crippen MR) is 117 cm³/mol. The van der Waals surface area contributed by atoms with Crippen molar-refractivity contribution < 1.29 is 4.79 Å². The lowest BCUT2D eigenvalue weighted by Crippen LogP contribution is -2.53. The molecule has 2 aliphatic rings. The minimum atomic E-state index is 0. The maximum absolute atomic E-state index is 13.1. The molecule has 2 aliphatic carbocycles. The summed E-state index contributed by atoms with van der Waals surface area (Å²) in [5.74, 6) is 1.17. The first-order chi connectivity index (χ1) is 12.6. The van der Waals surface area contributed by atoms with Crippen LogP contribution in [-0.2, 0) is 11.2 Å². The minimum absolute atomic E-state index is 0. The number of carbonyl (C=O) groups excluding carboxylic acids is 1. The van der Waals surface area contributed by atoms with Gasteiger partial charge in [0.25, 0.3) is 0 Å². The molecule has 2 aromatic rings. The lowest BCUT2D eigenvalue weighted by atomic mass is 9.88. The van der Waals surface area contributed by atoms with Crippen LogP contribution in [0.4, 0.5) is 0 Å². The van der Waals surface area contributed by atoms with Crippen molar-refractivity contribution >= 4 is 39.7 Å². The Labute approximate surface area is 173 Å². The van der Waals surface area contributed by atoms with Crippen molar-refractivity contribution in [3.05, 3.63) is 35.2 Å². The smallest absolute Gasteiger partial charge is 0.227 e. The Hall–Kier alpha value is -1.10. The van der Waals surface area contributed by atoms with Crippen LogP contribution in [0.25, 0.3) is 10.1 Å². The molecule has 3 nitrogen and oxygen atoms in total. The zero-order chi connectivity index (χ0) is 18.1. The van der Waals surface area contributed by atoms with E-state index in [2.05, 4.69) is 46.5 Å². The van der Waals surface area contributed by atoms with Gasteiger partial charge < -0.3 is 9.80 Å². The number of amides is 1. The molecule has 2 saturated carbocycles. The van der Waals surface area contributed by atoms with Gasteiger partial charge in [0.1, 0.15) is 0 Å². The number of halogens is 1. The third kappa shape index (κ3) is 4.67. The summed E-state index contributed by atoms with van der Waals surface area (Å²) in [5.41, 5.74) is 1.17. The fourth-order valence-corrected chi connectivity index (χ4v) is 5.42. The highest BCUT2D eigenvalue weighted by Gasteiger charge is 2.35. The van der Waals surface area contributed by atoms with Crippen LogP contribution in [0, 0.1) is 5.92 Å². The highest BCUT2D eigenvalue weighted by molar-refractivity contribution is 7.17. The Morgan fingerprint density at radius 2 is 1.81 bits per heavy atom. The number of likely N-dealkylation sites (N-methyl/N-ethyl adjacent to an activating group) is 2. The van der Waals surface area contributed by atoms with E-state index in [4.69, 9.17) is 0 Å². The van der Waals surface area contributed by atoms with Gasteiger partial charge in [-0.1, -0.05) is 25.0 Å². The Morgan fingerprint density at radius 3 is 2.56 bits per heavy atom.